The minimum atomic E-state index is 0.0495. The molecule has 0 aliphatic heterocycles. The third kappa shape index (κ3) is 4.60. The molecule has 0 unspecified atom stereocenters. The Balaban J connectivity index is 2.75. The van der Waals surface area contributed by atoms with Gasteiger partial charge in [0.1, 0.15) is 0 Å². The highest BCUT2D eigenvalue weighted by Crippen LogP contribution is 2.08. The molecule has 4 nitrogen and oxygen atoms in total. The van der Waals surface area contributed by atoms with Crippen LogP contribution in [0.1, 0.15) is 25.0 Å². The zero-order valence-corrected chi connectivity index (χ0v) is 12.5. The van der Waals surface area contributed by atoms with Gasteiger partial charge in [-0.15, -0.1) is 0 Å². The second-order valence-electron chi connectivity index (χ2n) is 4.52. The average Bonchev–Trinajstić information content (AvgIpc) is 2.46. The van der Waals surface area contributed by atoms with Gasteiger partial charge in [-0.2, -0.15) is 0 Å². The highest BCUT2D eigenvalue weighted by Gasteiger charge is 2.14. The van der Waals surface area contributed by atoms with E-state index in [-0.39, 0.29) is 6.03 Å². The van der Waals surface area contributed by atoms with Gasteiger partial charge in [-0.3, -0.25) is 0 Å². The molecule has 0 radical (unpaired) electrons. The SMILES string of the molecule is CCN(CC)C(=O)N(C)Cc1cccc(C#CCN)c1. The van der Waals surface area contributed by atoms with E-state index >= 15 is 0 Å². The first-order chi connectivity index (χ1) is 9.62. The third-order valence-electron chi connectivity index (χ3n) is 3.04. The van der Waals surface area contributed by atoms with Crippen LogP contribution >= 0.6 is 0 Å². The maximum absolute atomic E-state index is 12.2. The Morgan fingerprint density at radius 2 is 2.00 bits per heavy atom. The van der Waals surface area contributed by atoms with Crippen molar-refractivity contribution in [1.82, 2.24) is 9.80 Å². The van der Waals surface area contributed by atoms with E-state index in [1.165, 1.54) is 0 Å². The molecule has 0 bridgehead atoms. The minimum Gasteiger partial charge on any atom is -0.325 e. The van der Waals surface area contributed by atoms with Crippen molar-refractivity contribution in [2.24, 2.45) is 5.73 Å². The zero-order valence-electron chi connectivity index (χ0n) is 12.5. The Morgan fingerprint density at radius 3 is 2.60 bits per heavy atom. The van der Waals surface area contributed by atoms with Gasteiger partial charge in [0.05, 0.1) is 6.54 Å². The third-order valence-corrected chi connectivity index (χ3v) is 3.04. The van der Waals surface area contributed by atoms with Crippen molar-refractivity contribution in [2.75, 3.05) is 26.7 Å². The number of rotatable bonds is 4. The lowest BCUT2D eigenvalue weighted by Crippen LogP contribution is -2.40. The second-order valence-corrected chi connectivity index (χ2v) is 4.52. The molecule has 0 aliphatic carbocycles. The predicted molar refractivity (Wildman–Crippen MR) is 82.2 cm³/mol. The van der Waals surface area contributed by atoms with Gasteiger partial charge < -0.3 is 15.5 Å². The van der Waals surface area contributed by atoms with Gasteiger partial charge in [0, 0.05) is 32.2 Å². The largest absolute Gasteiger partial charge is 0.325 e. The Hall–Kier alpha value is -1.99. The summed E-state index contributed by atoms with van der Waals surface area (Å²) in [6.45, 7) is 6.35. The van der Waals surface area contributed by atoms with E-state index in [1.54, 1.807) is 9.80 Å². The maximum Gasteiger partial charge on any atom is 0.320 e. The summed E-state index contributed by atoms with van der Waals surface area (Å²) in [5, 5.41) is 0. The molecule has 2 N–H and O–H groups in total. The van der Waals surface area contributed by atoms with Crippen molar-refractivity contribution < 1.29 is 4.79 Å². The lowest BCUT2D eigenvalue weighted by molar-refractivity contribution is 0.165. The van der Waals surface area contributed by atoms with Crippen molar-refractivity contribution in [3.8, 4) is 11.8 Å². The standard InChI is InChI=1S/C16H23N3O/c1-4-19(5-2)16(20)18(3)13-15-9-6-8-14(12-15)10-7-11-17/h6,8-9,12H,4-5,11,13,17H2,1-3H3. The molecule has 0 aromatic heterocycles. The lowest BCUT2D eigenvalue weighted by Gasteiger charge is -2.26. The fraction of sp³-hybridized carbons (Fsp3) is 0.438. The molecule has 0 spiro atoms. The Labute approximate surface area is 121 Å². The molecular weight excluding hydrogens is 250 g/mol. The Kier molecular flexibility index (Phi) is 6.61. The van der Waals surface area contributed by atoms with Crippen molar-refractivity contribution in [3.05, 3.63) is 35.4 Å². The number of benzene rings is 1. The lowest BCUT2D eigenvalue weighted by atomic mass is 10.1. The first-order valence-electron chi connectivity index (χ1n) is 6.90. The molecule has 4 heteroatoms. The van der Waals surface area contributed by atoms with Crippen LogP contribution in [0.5, 0.6) is 0 Å². The van der Waals surface area contributed by atoms with E-state index in [0.717, 1.165) is 24.2 Å². The van der Waals surface area contributed by atoms with Crippen molar-refractivity contribution in [1.29, 1.82) is 0 Å². The van der Waals surface area contributed by atoms with Crippen molar-refractivity contribution in [2.45, 2.75) is 20.4 Å². The number of hydrogen-bond acceptors (Lipinski definition) is 2. The van der Waals surface area contributed by atoms with Crippen LogP contribution in [0.3, 0.4) is 0 Å². The first kappa shape index (κ1) is 16.1. The molecule has 0 heterocycles. The first-order valence-corrected chi connectivity index (χ1v) is 6.90. The molecule has 1 aromatic carbocycles. The van der Waals surface area contributed by atoms with E-state index in [4.69, 9.17) is 5.73 Å². The number of nitrogens with zero attached hydrogens (tertiary/aromatic N) is 2. The quantitative estimate of drug-likeness (QED) is 0.852. The van der Waals surface area contributed by atoms with Crippen LogP contribution in [-0.4, -0.2) is 42.5 Å². The molecule has 108 valence electrons. The van der Waals surface area contributed by atoms with E-state index in [2.05, 4.69) is 11.8 Å². The van der Waals surface area contributed by atoms with Crippen molar-refractivity contribution in [3.63, 3.8) is 0 Å². The Morgan fingerprint density at radius 1 is 1.30 bits per heavy atom. The highest BCUT2D eigenvalue weighted by molar-refractivity contribution is 5.74. The maximum atomic E-state index is 12.2. The predicted octanol–water partition coefficient (Wildman–Crippen LogP) is 1.89. The molecule has 20 heavy (non-hydrogen) atoms. The van der Waals surface area contributed by atoms with Crippen molar-refractivity contribution >= 4 is 6.03 Å². The summed E-state index contributed by atoms with van der Waals surface area (Å²) in [7, 11) is 1.82. The molecule has 0 saturated heterocycles. The van der Waals surface area contributed by atoms with Gasteiger partial charge in [0.15, 0.2) is 0 Å². The molecule has 0 aliphatic rings. The molecule has 0 fully saturated rings. The summed E-state index contributed by atoms with van der Waals surface area (Å²) >= 11 is 0. The summed E-state index contributed by atoms with van der Waals surface area (Å²) in [6, 6.07) is 7.94. The van der Waals surface area contributed by atoms with Gasteiger partial charge in [-0.1, -0.05) is 24.0 Å². The number of carbonyl (C=O) groups is 1. The molecule has 1 aromatic rings. The summed E-state index contributed by atoms with van der Waals surface area (Å²) < 4.78 is 0. The van der Waals surface area contributed by atoms with Crippen LogP contribution in [0.15, 0.2) is 24.3 Å². The smallest absolute Gasteiger partial charge is 0.320 e. The van der Waals surface area contributed by atoms with Crippen LogP contribution in [0.4, 0.5) is 4.79 Å². The topological polar surface area (TPSA) is 49.6 Å². The number of amides is 2. The fourth-order valence-corrected chi connectivity index (χ4v) is 1.98. The van der Waals surface area contributed by atoms with Gasteiger partial charge in [0.25, 0.3) is 0 Å². The zero-order chi connectivity index (χ0) is 15.0. The second kappa shape index (κ2) is 8.23. The van der Waals surface area contributed by atoms with Crippen LogP contribution in [0.25, 0.3) is 0 Å². The van der Waals surface area contributed by atoms with Crippen LogP contribution in [0, 0.1) is 11.8 Å². The summed E-state index contributed by atoms with van der Waals surface area (Å²) in [5.74, 6) is 5.84. The number of hydrogen-bond donors (Lipinski definition) is 1. The van der Waals surface area contributed by atoms with Gasteiger partial charge in [-0.05, 0) is 31.5 Å². The van der Waals surface area contributed by atoms with E-state index in [0.29, 0.717) is 13.1 Å². The van der Waals surface area contributed by atoms with Gasteiger partial charge >= 0.3 is 6.03 Å². The van der Waals surface area contributed by atoms with Gasteiger partial charge in [0.2, 0.25) is 0 Å². The average molecular weight is 273 g/mol. The monoisotopic (exact) mass is 273 g/mol. The molecule has 0 atom stereocenters. The minimum absolute atomic E-state index is 0.0495. The Bertz CT molecular complexity index is 498. The number of nitrogens with two attached hydrogens (primary N) is 1. The molecular formula is C16H23N3O. The summed E-state index contributed by atoms with van der Waals surface area (Å²) in [6.07, 6.45) is 0. The molecule has 2 amide bonds. The molecule has 0 saturated carbocycles. The number of urea groups is 1. The van der Waals surface area contributed by atoms with Crippen LogP contribution in [0.2, 0.25) is 0 Å². The fourth-order valence-electron chi connectivity index (χ4n) is 1.98. The van der Waals surface area contributed by atoms with E-state index < -0.39 is 0 Å². The van der Waals surface area contributed by atoms with Gasteiger partial charge in [-0.25, -0.2) is 4.79 Å². The van der Waals surface area contributed by atoms with E-state index in [9.17, 15) is 4.79 Å². The molecule has 1 rings (SSSR count). The normalized spacial score (nSPS) is 9.60. The summed E-state index contributed by atoms with van der Waals surface area (Å²) in [5.41, 5.74) is 7.36. The number of carbonyl (C=O) groups excluding carboxylic acids is 1. The van der Waals surface area contributed by atoms with E-state index in [1.807, 2.05) is 45.2 Å². The van der Waals surface area contributed by atoms with Crippen LogP contribution < -0.4 is 5.73 Å². The van der Waals surface area contributed by atoms with Crippen LogP contribution in [-0.2, 0) is 6.54 Å². The summed E-state index contributed by atoms with van der Waals surface area (Å²) in [4.78, 5) is 15.7. The highest BCUT2D eigenvalue weighted by atomic mass is 16.2.